The highest BCUT2D eigenvalue weighted by Gasteiger charge is 2.30. The second kappa shape index (κ2) is 10.1. The van der Waals surface area contributed by atoms with Gasteiger partial charge in [0, 0.05) is 37.0 Å². The summed E-state index contributed by atoms with van der Waals surface area (Å²) in [7, 11) is 4.89. The van der Waals surface area contributed by atoms with Gasteiger partial charge >= 0.3 is 6.03 Å². The number of nitrogens with one attached hydrogen (secondary N) is 1. The van der Waals surface area contributed by atoms with E-state index in [2.05, 4.69) is 41.4 Å². The molecule has 1 N–H and O–H groups in total. The van der Waals surface area contributed by atoms with Gasteiger partial charge in [0.15, 0.2) is 11.5 Å². The molecule has 8 heteroatoms. The first kappa shape index (κ1) is 22.9. The monoisotopic (exact) mass is 452 g/mol. The SMILES string of the molecule is CC[C@H]1Cc2cc(OC)c(OC)cc2C(c2ccc(N3CCOCC3)cc2)=NN1C(=O)NC. The summed E-state index contributed by atoms with van der Waals surface area (Å²) >= 11 is 0. The lowest BCUT2D eigenvalue weighted by atomic mass is 9.93. The smallest absolute Gasteiger partial charge is 0.337 e. The molecule has 2 heterocycles. The van der Waals surface area contributed by atoms with Crippen molar-refractivity contribution in [2.75, 3.05) is 52.5 Å². The van der Waals surface area contributed by atoms with E-state index in [1.807, 2.05) is 12.1 Å². The lowest BCUT2D eigenvalue weighted by molar-refractivity contribution is 0.122. The minimum absolute atomic E-state index is 0.0769. The Balaban J connectivity index is 1.82. The number of hydrazone groups is 1. The third-order valence-electron chi connectivity index (χ3n) is 6.28. The number of amides is 2. The molecule has 1 saturated heterocycles. The fourth-order valence-electron chi connectivity index (χ4n) is 4.40. The molecular weight excluding hydrogens is 420 g/mol. The van der Waals surface area contributed by atoms with Gasteiger partial charge < -0.3 is 24.4 Å². The quantitative estimate of drug-likeness (QED) is 0.754. The van der Waals surface area contributed by atoms with Crippen LogP contribution >= 0.6 is 0 Å². The van der Waals surface area contributed by atoms with E-state index in [9.17, 15) is 4.79 Å². The molecule has 2 aromatic rings. The Bertz CT molecular complexity index is 1020. The number of hydrogen-bond acceptors (Lipinski definition) is 6. The highest BCUT2D eigenvalue weighted by molar-refractivity contribution is 6.14. The van der Waals surface area contributed by atoms with E-state index in [-0.39, 0.29) is 12.1 Å². The third-order valence-corrected chi connectivity index (χ3v) is 6.28. The number of fused-ring (bicyclic) bond motifs is 1. The number of urea groups is 1. The first-order chi connectivity index (χ1) is 16.1. The van der Waals surface area contributed by atoms with Crippen LogP contribution < -0.4 is 19.7 Å². The molecule has 0 unspecified atom stereocenters. The zero-order valence-corrected chi connectivity index (χ0v) is 19.8. The van der Waals surface area contributed by atoms with Crippen LogP contribution in [0.15, 0.2) is 41.5 Å². The van der Waals surface area contributed by atoms with Crippen LogP contribution in [0.3, 0.4) is 0 Å². The van der Waals surface area contributed by atoms with Gasteiger partial charge in [-0.2, -0.15) is 5.10 Å². The average Bonchev–Trinajstić information content (AvgIpc) is 3.04. The van der Waals surface area contributed by atoms with E-state index in [4.69, 9.17) is 19.3 Å². The number of morpholine rings is 1. The van der Waals surface area contributed by atoms with Crippen LogP contribution in [0.25, 0.3) is 0 Å². The Kier molecular flexibility index (Phi) is 7.03. The summed E-state index contributed by atoms with van der Waals surface area (Å²) in [5, 5.41) is 9.20. The van der Waals surface area contributed by atoms with Crippen LogP contribution in [0.1, 0.15) is 30.0 Å². The predicted octanol–water partition coefficient (Wildman–Crippen LogP) is 3.27. The summed E-state index contributed by atoms with van der Waals surface area (Å²) in [5.41, 5.74) is 4.84. The molecule has 0 bridgehead atoms. The largest absolute Gasteiger partial charge is 0.493 e. The molecule has 1 atom stereocenters. The Morgan fingerprint density at radius 1 is 1.12 bits per heavy atom. The number of carbonyl (C=O) groups excluding carboxylic acids is 1. The fourth-order valence-corrected chi connectivity index (χ4v) is 4.40. The molecule has 2 aromatic carbocycles. The van der Waals surface area contributed by atoms with Gasteiger partial charge in [-0.1, -0.05) is 19.1 Å². The van der Waals surface area contributed by atoms with E-state index in [1.165, 1.54) is 0 Å². The highest BCUT2D eigenvalue weighted by Crippen LogP contribution is 2.35. The summed E-state index contributed by atoms with van der Waals surface area (Å²) in [5.74, 6) is 1.30. The molecule has 4 rings (SSSR count). The van der Waals surface area contributed by atoms with Gasteiger partial charge in [-0.25, -0.2) is 9.80 Å². The van der Waals surface area contributed by atoms with Crippen molar-refractivity contribution in [1.82, 2.24) is 10.3 Å². The van der Waals surface area contributed by atoms with Gasteiger partial charge in [0.1, 0.15) is 0 Å². The zero-order valence-electron chi connectivity index (χ0n) is 19.8. The molecular formula is C25H32N4O4. The zero-order chi connectivity index (χ0) is 23.4. The molecule has 0 aromatic heterocycles. The Hall–Kier alpha value is -3.26. The van der Waals surface area contributed by atoms with E-state index in [0.29, 0.717) is 17.9 Å². The summed E-state index contributed by atoms with van der Waals surface area (Å²) in [6.45, 7) is 5.30. The van der Waals surface area contributed by atoms with Crippen molar-refractivity contribution in [2.45, 2.75) is 25.8 Å². The number of rotatable bonds is 5. The Morgan fingerprint density at radius 2 is 1.79 bits per heavy atom. The molecule has 0 spiro atoms. The van der Waals surface area contributed by atoms with Crippen LogP contribution in [0.5, 0.6) is 11.5 Å². The van der Waals surface area contributed by atoms with Crippen LogP contribution in [0.4, 0.5) is 10.5 Å². The first-order valence-electron chi connectivity index (χ1n) is 11.4. The van der Waals surface area contributed by atoms with Gasteiger partial charge in [-0.3, -0.25) is 0 Å². The van der Waals surface area contributed by atoms with Gasteiger partial charge in [0.25, 0.3) is 0 Å². The maximum atomic E-state index is 12.8. The molecule has 0 aliphatic carbocycles. The molecule has 2 amide bonds. The Labute approximate surface area is 195 Å². The number of hydrogen-bond donors (Lipinski definition) is 1. The maximum absolute atomic E-state index is 12.8. The van der Waals surface area contributed by atoms with Crippen molar-refractivity contribution in [3.63, 3.8) is 0 Å². The van der Waals surface area contributed by atoms with Gasteiger partial charge in [0.2, 0.25) is 0 Å². The highest BCUT2D eigenvalue weighted by atomic mass is 16.5. The summed E-state index contributed by atoms with van der Waals surface area (Å²) in [4.78, 5) is 15.1. The molecule has 1 fully saturated rings. The van der Waals surface area contributed by atoms with Crippen molar-refractivity contribution in [3.05, 3.63) is 53.1 Å². The number of anilines is 1. The lowest BCUT2D eigenvalue weighted by Crippen LogP contribution is -2.42. The molecule has 33 heavy (non-hydrogen) atoms. The van der Waals surface area contributed by atoms with Gasteiger partial charge in [-0.05, 0) is 42.7 Å². The van der Waals surface area contributed by atoms with Crippen molar-refractivity contribution in [1.29, 1.82) is 0 Å². The van der Waals surface area contributed by atoms with Gasteiger partial charge in [-0.15, -0.1) is 0 Å². The molecule has 0 saturated carbocycles. The van der Waals surface area contributed by atoms with E-state index in [1.54, 1.807) is 26.3 Å². The van der Waals surface area contributed by atoms with E-state index in [0.717, 1.165) is 60.8 Å². The first-order valence-corrected chi connectivity index (χ1v) is 11.4. The fraction of sp³-hybridized carbons (Fsp3) is 0.440. The molecule has 0 radical (unpaired) electrons. The predicted molar refractivity (Wildman–Crippen MR) is 129 cm³/mol. The standard InChI is InChI=1S/C25H32N4O4/c1-5-19-14-18-15-22(31-3)23(32-4)16-21(18)24(27-29(19)25(30)26-2)17-6-8-20(9-7-17)28-10-12-33-13-11-28/h6-9,15-16,19H,5,10-14H2,1-4H3,(H,26,30)/t19-/m0/s1. The van der Waals surface area contributed by atoms with Crippen molar-refractivity contribution >= 4 is 17.4 Å². The van der Waals surface area contributed by atoms with Crippen molar-refractivity contribution < 1.29 is 19.0 Å². The van der Waals surface area contributed by atoms with Crippen molar-refractivity contribution in [3.8, 4) is 11.5 Å². The number of ether oxygens (including phenoxy) is 3. The van der Waals surface area contributed by atoms with Crippen molar-refractivity contribution in [2.24, 2.45) is 5.10 Å². The summed E-state index contributed by atoms with van der Waals surface area (Å²) < 4.78 is 16.6. The maximum Gasteiger partial charge on any atom is 0.337 e. The van der Waals surface area contributed by atoms with Crippen LogP contribution in [-0.2, 0) is 11.2 Å². The minimum atomic E-state index is -0.226. The van der Waals surface area contributed by atoms with Crippen LogP contribution in [0.2, 0.25) is 0 Å². The van der Waals surface area contributed by atoms with Crippen LogP contribution in [-0.4, -0.2) is 70.4 Å². The Morgan fingerprint density at radius 3 is 2.39 bits per heavy atom. The molecule has 8 nitrogen and oxygen atoms in total. The lowest BCUT2D eigenvalue weighted by Gasteiger charge is -2.29. The topological polar surface area (TPSA) is 75.6 Å². The molecule has 2 aliphatic heterocycles. The second-order valence-corrected chi connectivity index (χ2v) is 8.13. The normalized spacial score (nSPS) is 18.2. The number of nitrogens with zero attached hydrogens (tertiary/aromatic N) is 3. The summed E-state index contributed by atoms with van der Waals surface area (Å²) in [6, 6.07) is 12.0. The summed E-state index contributed by atoms with van der Waals surface area (Å²) in [6.07, 6.45) is 1.44. The van der Waals surface area contributed by atoms with Crippen LogP contribution in [0, 0.1) is 0 Å². The van der Waals surface area contributed by atoms with Gasteiger partial charge in [0.05, 0.1) is 39.2 Å². The number of carbonyl (C=O) groups is 1. The number of benzene rings is 2. The number of methoxy groups -OCH3 is 2. The minimum Gasteiger partial charge on any atom is -0.493 e. The second-order valence-electron chi connectivity index (χ2n) is 8.13. The molecule has 2 aliphatic rings. The third kappa shape index (κ3) is 4.61. The van der Waals surface area contributed by atoms with E-state index >= 15 is 0 Å². The van der Waals surface area contributed by atoms with E-state index < -0.39 is 0 Å². The average molecular weight is 453 g/mol. The molecule has 176 valence electrons.